The third kappa shape index (κ3) is 6.31. The van der Waals surface area contributed by atoms with Crippen LogP contribution in [0.1, 0.15) is 48.2 Å². The topological polar surface area (TPSA) is 47.9 Å². The first-order valence-corrected chi connectivity index (χ1v) is 7.46. The second kappa shape index (κ2) is 9.94. The molecule has 0 saturated carbocycles. The Morgan fingerprint density at radius 1 is 1.12 bits per heavy atom. The molecule has 0 bridgehead atoms. The third-order valence-corrected chi connectivity index (χ3v) is 3.17. The summed E-state index contributed by atoms with van der Waals surface area (Å²) in [6.45, 7) is -1.54. The van der Waals surface area contributed by atoms with Crippen molar-refractivity contribution in [1.82, 2.24) is 0 Å². The molecule has 1 N–H and O–H groups in total. The second-order valence-corrected chi connectivity index (χ2v) is 5.09. The summed E-state index contributed by atoms with van der Waals surface area (Å²) in [7, 11) is -5.98. The van der Waals surface area contributed by atoms with Gasteiger partial charge in [0.15, 0.2) is 11.5 Å². The van der Waals surface area contributed by atoms with Crippen LogP contribution in [0.25, 0.3) is 0 Å². The van der Waals surface area contributed by atoms with Crippen LogP contribution in [-0.2, 0) is 6.37 Å². The maximum absolute atomic E-state index is 10.6. The Morgan fingerprint density at radius 2 is 1.96 bits per heavy atom. The van der Waals surface area contributed by atoms with Crippen LogP contribution in [0.15, 0.2) is 42.5 Å². The van der Waals surface area contributed by atoms with Gasteiger partial charge in [-0.1, -0.05) is 24.6 Å². The SMILES string of the molecule is [2H]C([2H])([2H])Oc1ccc(C([2H])([2H])CCC([2H])([2H])C([2H])(O)C([2H])([2H])Oc2cccc(C)c2)cc1OC([2H])([2H])[2H]. The Morgan fingerprint density at radius 3 is 2.76 bits per heavy atom. The van der Waals surface area contributed by atoms with Crippen LogP contribution < -0.4 is 14.2 Å². The summed E-state index contributed by atoms with van der Waals surface area (Å²) in [5.41, 5.74) is 0.457. The summed E-state index contributed by atoms with van der Waals surface area (Å²) in [6.07, 6.45) is -10.5. The molecule has 2 aromatic carbocycles. The molecule has 25 heavy (non-hydrogen) atoms. The van der Waals surface area contributed by atoms with E-state index in [9.17, 15) is 5.11 Å². The van der Waals surface area contributed by atoms with Crippen molar-refractivity contribution >= 4 is 0 Å². The minimum atomic E-state index is -3.48. The van der Waals surface area contributed by atoms with Crippen LogP contribution in [0.3, 0.4) is 0 Å². The molecule has 0 amide bonds. The zero-order valence-corrected chi connectivity index (χ0v) is 13.6. The molecule has 0 aliphatic carbocycles. The fourth-order valence-electron chi connectivity index (χ4n) is 1.99. The van der Waals surface area contributed by atoms with E-state index < -0.39 is 63.8 Å². The van der Waals surface area contributed by atoms with Gasteiger partial charge >= 0.3 is 0 Å². The van der Waals surface area contributed by atoms with Crippen LogP contribution in [0.5, 0.6) is 17.2 Å². The van der Waals surface area contributed by atoms with E-state index in [0.717, 1.165) is 18.2 Å². The molecule has 0 aromatic heterocycles. The highest BCUT2D eigenvalue weighted by Gasteiger charge is 2.07. The monoisotopic (exact) mass is 357 g/mol. The quantitative estimate of drug-likeness (QED) is 0.693. The Balaban J connectivity index is 2.29. The second-order valence-electron chi connectivity index (χ2n) is 5.09. The van der Waals surface area contributed by atoms with E-state index in [1.165, 1.54) is 12.1 Å². The Kier molecular flexibility index (Phi) is 3.18. The lowest BCUT2D eigenvalue weighted by atomic mass is 10.0. The molecule has 0 aliphatic heterocycles. The summed E-state index contributed by atoms with van der Waals surface area (Å²) < 4.78 is 115. The van der Waals surface area contributed by atoms with E-state index in [2.05, 4.69) is 0 Å². The normalized spacial score (nSPS) is 23.5. The number of aryl methyl sites for hydroxylation is 2. The number of methoxy groups -OCH3 is 2. The van der Waals surface area contributed by atoms with Crippen molar-refractivity contribution in [3.05, 3.63) is 53.6 Å². The maximum atomic E-state index is 10.6. The smallest absolute Gasteiger partial charge is 0.160 e. The first kappa shape index (κ1) is 8.00. The van der Waals surface area contributed by atoms with Crippen molar-refractivity contribution < 1.29 is 37.1 Å². The van der Waals surface area contributed by atoms with Crippen LogP contribution in [0.4, 0.5) is 0 Å². The zero-order chi connectivity index (χ0) is 29.4. The van der Waals surface area contributed by atoms with Crippen molar-refractivity contribution in [2.24, 2.45) is 0 Å². The van der Waals surface area contributed by atoms with Crippen molar-refractivity contribution in [2.45, 2.75) is 38.6 Å². The molecule has 0 fully saturated rings. The summed E-state index contributed by atoms with van der Waals surface area (Å²) in [4.78, 5) is 0. The third-order valence-electron chi connectivity index (χ3n) is 3.17. The molecule has 0 aliphatic rings. The highest BCUT2D eigenvalue weighted by atomic mass is 16.5. The number of benzene rings is 2. The minimum Gasteiger partial charge on any atom is -0.493 e. The average molecular weight is 358 g/mol. The Labute approximate surface area is 168 Å². The number of hydrogen-bond donors (Lipinski definition) is 1. The lowest BCUT2D eigenvalue weighted by Crippen LogP contribution is -2.17. The number of ether oxygens (including phenoxy) is 3. The van der Waals surface area contributed by atoms with Crippen LogP contribution in [0.2, 0.25) is 0 Å². The molecular weight excluding hydrogens is 316 g/mol. The van der Waals surface area contributed by atoms with Gasteiger partial charge in [0.2, 0.25) is 0 Å². The minimum absolute atomic E-state index is 0.0482. The van der Waals surface area contributed by atoms with Gasteiger partial charge in [0, 0.05) is 5.48 Å². The molecule has 0 heterocycles. The van der Waals surface area contributed by atoms with Crippen molar-refractivity contribution in [3.63, 3.8) is 0 Å². The molecular formula is C21H28O4. The summed E-state index contributed by atoms with van der Waals surface area (Å²) in [6, 6.07) is 9.03. The van der Waals surface area contributed by atoms with E-state index >= 15 is 0 Å². The lowest BCUT2D eigenvalue weighted by Gasteiger charge is -2.13. The molecule has 0 spiro atoms. The summed E-state index contributed by atoms with van der Waals surface area (Å²) >= 11 is 0. The van der Waals surface area contributed by atoms with Gasteiger partial charge in [-0.15, -0.1) is 0 Å². The van der Waals surface area contributed by atoms with Crippen molar-refractivity contribution in [1.29, 1.82) is 0 Å². The summed E-state index contributed by atoms with van der Waals surface area (Å²) in [5, 5.41) is 10.6. The largest absolute Gasteiger partial charge is 0.493 e. The van der Waals surface area contributed by atoms with Gasteiger partial charge in [-0.25, -0.2) is 0 Å². The molecule has 1 atom stereocenters. The standard InChI is InChI=1S/C21H28O4/c1-16-7-6-10-19(13-16)25-15-18(22)9-5-4-8-17-11-12-20(23-2)21(14-17)24-3/h6-7,10-14,18,22H,4-5,8-9,15H2,1-3H3/i2D3,3D3,8D2,9D2,15D2,18D. The van der Waals surface area contributed by atoms with E-state index in [1.54, 1.807) is 19.1 Å². The van der Waals surface area contributed by atoms with Gasteiger partial charge in [0.1, 0.15) is 12.3 Å². The lowest BCUT2D eigenvalue weighted by molar-refractivity contribution is 0.0976. The van der Waals surface area contributed by atoms with E-state index in [0.29, 0.717) is 5.56 Å². The summed E-state index contributed by atoms with van der Waals surface area (Å²) in [5.74, 6) is -1.13. The van der Waals surface area contributed by atoms with Gasteiger partial charge in [-0.05, 0) is 61.5 Å². The highest BCUT2D eigenvalue weighted by Crippen LogP contribution is 2.28. The predicted molar refractivity (Wildman–Crippen MR) is 99.8 cm³/mol. The number of hydrogen-bond acceptors (Lipinski definition) is 4. The molecule has 4 heteroatoms. The zero-order valence-electron chi connectivity index (χ0n) is 26.6. The molecule has 136 valence electrons. The number of aliphatic hydroxyl groups is 1. The fourth-order valence-corrected chi connectivity index (χ4v) is 1.99. The van der Waals surface area contributed by atoms with E-state index in [-0.39, 0.29) is 11.3 Å². The van der Waals surface area contributed by atoms with E-state index in [4.69, 9.17) is 32.0 Å². The first-order chi connectivity index (χ1) is 17.0. The average Bonchev–Trinajstić information content (AvgIpc) is 2.71. The fraction of sp³-hybridized carbons (Fsp3) is 0.429. The van der Waals surface area contributed by atoms with Gasteiger partial charge in [0.05, 0.1) is 32.5 Å². The van der Waals surface area contributed by atoms with Crippen molar-refractivity contribution in [3.8, 4) is 17.2 Å². The van der Waals surface area contributed by atoms with Gasteiger partial charge in [0.25, 0.3) is 0 Å². The van der Waals surface area contributed by atoms with Gasteiger partial charge in [-0.2, -0.15) is 0 Å². The van der Waals surface area contributed by atoms with Gasteiger partial charge in [-0.3, -0.25) is 0 Å². The molecule has 4 nitrogen and oxygen atoms in total. The first-order valence-electron chi connectivity index (χ1n) is 14.0. The molecule has 2 rings (SSSR count). The molecule has 0 radical (unpaired) electrons. The molecule has 0 saturated heterocycles. The predicted octanol–water partition coefficient (Wildman–Crippen LogP) is 4.16. The van der Waals surface area contributed by atoms with Crippen LogP contribution in [0, 0.1) is 6.92 Å². The van der Waals surface area contributed by atoms with Crippen LogP contribution in [-0.4, -0.2) is 31.8 Å². The van der Waals surface area contributed by atoms with Crippen molar-refractivity contribution in [2.75, 3.05) is 20.6 Å². The van der Waals surface area contributed by atoms with Crippen LogP contribution >= 0.6 is 0 Å². The van der Waals surface area contributed by atoms with Gasteiger partial charge < -0.3 is 19.3 Å². The Bertz CT molecular complexity index is 1110. The van der Waals surface area contributed by atoms with E-state index in [1.807, 2.05) is 0 Å². The highest BCUT2D eigenvalue weighted by molar-refractivity contribution is 5.42. The molecule has 1 unspecified atom stereocenters. The Hall–Kier alpha value is -2.20. The number of rotatable bonds is 10. The molecule has 2 aromatic rings. The maximum Gasteiger partial charge on any atom is 0.160 e.